The molecule has 1 nitrogen and oxygen atoms in total. The van der Waals surface area contributed by atoms with Gasteiger partial charge in [0.1, 0.15) is 52.7 Å². The van der Waals surface area contributed by atoms with Crippen LogP contribution in [0.1, 0.15) is 53.4 Å². The van der Waals surface area contributed by atoms with E-state index in [1.165, 1.54) is 45.3 Å². The fourth-order valence-corrected chi connectivity index (χ4v) is 6.76. The van der Waals surface area contributed by atoms with Crippen molar-refractivity contribution in [2.24, 2.45) is 5.92 Å². The highest BCUT2D eigenvalue weighted by molar-refractivity contribution is 7.20. The molecule has 22 heteroatoms. The molecule has 0 aliphatic rings. The Balaban J connectivity index is 0.000000594. The second kappa shape index (κ2) is 18.6. The van der Waals surface area contributed by atoms with Crippen LogP contribution in [0.4, 0.5) is 87.8 Å². The third-order valence-corrected chi connectivity index (χ3v) is 9.83. The van der Waals surface area contributed by atoms with Crippen molar-refractivity contribution in [1.82, 2.24) is 0 Å². The van der Waals surface area contributed by atoms with E-state index in [-0.39, 0.29) is 0 Å². The second-order valence-electron chi connectivity index (χ2n) is 12.9. The van der Waals surface area contributed by atoms with Gasteiger partial charge in [0.15, 0.2) is 69.8 Å². The summed E-state index contributed by atoms with van der Waals surface area (Å²) in [5.41, 5.74) is -14.3. The number of nitrogens with one attached hydrogen (secondary N) is 1. The molecule has 0 aromatic heterocycles. The number of hydrogen-bond acceptors (Lipinski definition) is 0. The lowest BCUT2D eigenvalue weighted by Gasteiger charge is -2.44. The van der Waals surface area contributed by atoms with Crippen molar-refractivity contribution in [2.75, 3.05) is 19.6 Å². The largest absolute Gasteiger partial charge is 0.335 e. The molecule has 0 saturated heterocycles. The monoisotopic (exact) mass is 865 g/mol. The van der Waals surface area contributed by atoms with Gasteiger partial charge in [-0.2, -0.15) is 0 Å². The fourth-order valence-electron chi connectivity index (χ4n) is 6.76. The molecule has 0 saturated carbocycles. The first-order valence-corrected chi connectivity index (χ1v) is 17.0. The minimum atomic E-state index is -7.22. The molecule has 4 aromatic rings. The van der Waals surface area contributed by atoms with Gasteiger partial charge in [0.05, 0.1) is 19.6 Å². The van der Waals surface area contributed by atoms with Crippen LogP contribution in [0.5, 0.6) is 0 Å². The number of halogens is 20. The number of hydrogen-bond donors (Lipinski definition) is 1. The number of unbranched alkanes of at least 4 members (excludes halogenated alkanes) is 1. The van der Waals surface area contributed by atoms with E-state index in [4.69, 9.17) is 0 Å². The molecule has 4 rings (SSSR count). The molecule has 0 spiro atoms. The Morgan fingerprint density at radius 1 is 0.345 bits per heavy atom. The lowest BCUT2D eigenvalue weighted by Crippen LogP contribution is -3.12. The first-order valence-electron chi connectivity index (χ1n) is 17.0. The summed E-state index contributed by atoms with van der Waals surface area (Å²) < 4.78 is 294. The first kappa shape index (κ1) is 47.9. The zero-order chi connectivity index (χ0) is 44.5. The van der Waals surface area contributed by atoms with Crippen molar-refractivity contribution >= 4 is 28.0 Å². The summed E-state index contributed by atoms with van der Waals surface area (Å²) in [4.78, 5) is 1.77. The molecular weight excluding hydrogens is 837 g/mol. The highest BCUT2D eigenvalue weighted by Crippen LogP contribution is 2.30. The zero-order valence-corrected chi connectivity index (χ0v) is 30.2. The predicted molar refractivity (Wildman–Crippen MR) is 169 cm³/mol. The average molecular weight is 865 g/mol. The van der Waals surface area contributed by atoms with E-state index in [0.717, 1.165) is 5.92 Å². The average Bonchev–Trinajstić information content (AvgIpc) is 3.21. The Labute approximate surface area is 316 Å². The van der Waals surface area contributed by atoms with Crippen LogP contribution < -0.4 is 26.8 Å². The molecule has 0 amide bonds. The normalized spacial score (nSPS) is 12.4. The van der Waals surface area contributed by atoms with Gasteiger partial charge >= 0.3 is 0 Å². The predicted octanol–water partition coefficient (Wildman–Crippen LogP) is 7.97. The van der Waals surface area contributed by atoms with E-state index >= 15 is 35.1 Å². The summed E-state index contributed by atoms with van der Waals surface area (Å²) in [6, 6.07) is 0. The van der Waals surface area contributed by atoms with E-state index in [1.807, 2.05) is 0 Å². The lowest BCUT2D eigenvalue weighted by atomic mass is 9.12. The molecule has 4 aromatic carbocycles. The Morgan fingerprint density at radius 3 is 0.724 bits per heavy atom. The molecule has 0 aliphatic carbocycles. The summed E-state index contributed by atoms with van der Waals surface area (Å²) in [5, 5.41) is 0. The van der Waals surface area contributed by atoms with Crippen molar-refractivity contribution in [3.63, 3.8) is 0 Å². The Bertz CT molecular complexity index is 1810. The van der Waals surface area contributed by atoms with Crippen molar-refractivity contribution in [3.05, 3.63) is 116 Å². The third kappa shape index (κ3) is 7.83. The third-order valence-electron chi connectivity index (χ3n) is 9.83. The molecule has 58 heavy (non-hydrogen) atoms. The van der Waals surface area contributed by atoms with Crippen LogP contribution in [0.2, 0.25) is 0 Å². The quantitative estimate of drug-likeness (QED) is 0.0639. The molecule has 1 N–H and O–H groups in total. The van der Waals surface area contributed by atoms with Crippen molar-refractivity contribution in [1.29, 1.82) is 0 Å². The Kier molecular flexibility index (Phi) is 15.4. The van der Waals surface area contributed by atoms with Gasteiger partial charge in [-0.05, 0) is 26.7 Å². The van der Waals surface area contributed by atoms with Crippen LogP contribution >= 0.6 is 0 Å². The SMILES string of the molecule is CCCCC(CC)C[NH+](CC)CC.Fc1c(F)c(F)c([B-](c2c(F)c(F)c(F)c(F)c2F)(c2c(F)c(F)c(F)c(F)c2F)c2c(F)c(F)c(F)c(F)c2F)c(F)c1F. The summed E-state index contributed by atoms with van der Waals surface area (Å²) in [7, 11) is 0. The maximum Gasteiger partial charge on any atom is 0.200 e. The molecule has 0 heterocycles. The van der Waals surface area contributed by atoms with Crippen LogP contribution in [0, 0.1) is 122 Å². The molecule has 0 fully saturated rings. The molecule has 0 bridgehead atoms. The molecule has 320 valence electrons. The van der Waals surface area contributed by atoms with Gasteiger partial charge in [0.2, 0.25) is 0 Å². The number of rotatable bonds is 12. The van der Waals surface area contributed by atoms with E-state index in [9.17, 15) is 52.7 Å². The smallest absolute Gasteiger partial charge is 0.200 e. The van der Waals surface area contributed by atoms with E-state index in [1.54, 1.807) is 4.90 Å². The van der Waals surface area contributed by atoms with Crippen molar-refractivity contribution in [2.45, 2.75) is 53.4 Å². The van der Waals surface area contributed by atoms with Gasteiger partial charge in [0, 0.05) is 5.92 Å². The summed E-state index contributed by atoms with van der Waals surface area (Å²) in [6.45, 7) is 13.2. The van der Waals surface area contributed by atoms with Crippen molar-refractivity contribution < 1.29 is 92.7 Å². The summed E-state index contributed by atoms with van der Waals surface area (Å²) in [5.74, 6) is -70.4. The van der Waals surface area contributed by atoms with Crippen molar-refractivity contribution in [3.8, 4) is 0 Å². The second-order valence-corrected chi connectivity index (χ2v) is 12.9. The van der Waals surface area contributed by atoms with Gasteiger partial charge in [-0.25, -0.2) is 87.8 Å². The topological polar surface area (TPSA) is 4.44 Å². The lowest BCUT2D eigenvalue weighted by molar-refractivity contribution is -0.900. The van der Waals surface area contributed by atoms with Gasteiger partial charge in [-0.3, -0.25) is 0 Å². The van der Waals surface area contributed by atoms with Crippen LogP contribution in [-0.2, 0) is 0 Å². The first-order chi connectivity index (χ1) is 27.0. The highest BCUT2D eigenvalue weighted by atomic mass is 19.2. The Morgan fingerprint density at radius 2 is 0.552 bits per heavy atom. The van der Waals surface area contributed by atoms with Gasteiger partial charge in [0.25, 0.3) is 0 Å². The van der Waals surface area contributed by atoms with E-state index < -0.39 is 144 Å². The molecule has 0 radical (unpaired) electrons. The van der Waals surface area contributed by atoms with Crippen LogP contribution in [0.25, 0.3) is 0 Å². The number of quaternary nitrogens is 1. The maximum absolute atomic E-state index is 15.4. The standard InChI is InChI=1S/C24BF20.C12H27N/c26-5-1(6(27)14(35)21(42)13(5)34)25(2-7(28)15(36)22(43)16(37)8(2)29,3-9(30)17(38)23(44)18(39)10(3)31)4-11(32)19(40)24(45)20(41)12(4)33;1-5-9-10-12(6-2)11-13(7-3)8-4/h;12H,5-11H2,1-4H3/q-1;/p+1. The maximum atomic E-state index is 15.4. The molecule has 1 atom stereocenters. The summed E-state index contributed by atoms with van der Waals surface area (Å²) >= 11 is 0. The minimum absolute atomic E-state index is 0.967. The van der Waals surface area contributed by atoms with Gasteiger partial charge in [-0.15, -0.1) is 21.9 Å². The fraction of sp³-hybridized carbons (Fsp3) is 0.333. The number of benzene rings is 4. The molecular formula is C36H28BF20N. The van der Waals surface area contributed by atoms with Crippen LogP contribution in [0.15, 0.2) is 0 Å². The van der Waals surface area contributed by atoms with E-state index in [2.05, 4.69) is 27.7 Å². The summed E-state index contributed by atoms with van der Waals surface area (Å²) in [6.07, 6.45) is -1.64. The van der Waals surface area contributed by atoms with Crippen LogP contribution in [0.3, 0.4) is 0 Å². The highest BCUT2D eigenvalue weighted by Gasteiger charge is 2.52. The minimum Gasteiger partial charge on any atom is -0.335 e. The Hall–Kier alpha value is -4.50. The zero-order valence-electron chi connectivity index (χ0n) is 30.2. The van der Waals surface area contributed by atoms with Gasteiger partial charge < -0.3 is 4.90 Å². The van der Waals surface area contributed by atoms with E-state index in [0.29, 0.717) is 0 Å². The molecule has 0 aliphatic heterocycles. The van der Waals surface area contributed by atoms with Gasteiger partial charge in [-0.1, -0.05) is 26.7 Å². The molecule has 1 unspecified atom stereocenters. The van der Waals surface area contributed by atoms with Crippen LogP contribution in [-0.4, -0.2) is 25.8 Å².